The van der Waals surface area contributed by atoms with E-state index in [1.54, 1.807) is 12.1 Å². The molecule has 8 heteroatoms. The summed E-state index contributed by atoms with van der Waals surface area (Å²) in [6.07, 6.45) is -0.0875. The molecule has 0 aromatic heterocycles. The van der Waals surface area contributed by atoms with Crippen LogP contribution in [-0.2, 0) is 19.6 Å². The summed E-state index contributed by atoms with van der Waals surface area (Å²) in [7, 11) is -3.85. The van der Waals surface area contributed by atoms with Crippen molar-refractivity contribution in [1.29, 1.82) is 0 Å². The standard InChI is InChI=1S/C15H18N2O5S/c1-10-3-5-13(6-4-10)23(21,22)17-16-11-7-12(18)9-15(2,8-11)14(19)20/h3-6,17H,7-9H2,1-2H3,(H,19,20). The second-order valence-electron chi connectivity index (χ2n) is 6.02. The van der Waals surface area contributed by atoms with Gasteiger partial charge in [0, 0.05) is 25.0 Å². The van der Waals surface area contributed by atoms with Gasteiger partial charge in [0.05, 0.1) is 10.3 Å². The van der Waals surface area contributed by atoms with Crippen molar-refractivity contribution < 1.29 is 23.1 Å². The van der Waals surface area contributed by atoms with Crippen LogP contribution in [0.4, 0.5) is 0 Å². The number of nitrogens with zero attached hydrogens (tertiary/aromatic N) is 1. The predicted octanol–water partition coefficient (Wildman–Crippen LogP) is 1.47. The number of benzene rings is 1. The van der Waals surface area contributed by atoms with Gasteiger partial charge in [0.25, 0.3) is 10.0 Å². The minimum absolute atomic E-state index is 0.0322. The summed E-state index contributed by atoms with van der Waals surface area (Å²) in [5.74, 6) is -1.37. The van der Waals surface area contributed by atoms with Gasteiger partial charge in [-0.1, -0.05) is 17.7 Å². The van der Waals surface area contributed by atoms with Gasteiger partial charge < -0.3 is 5.11 Å². The number of carbonyl (C=O) groups is 2. The Morgan fingerprint density at radius 2 is 1.87 bits per heavy atom. The van der Waals surface area contributed by atoms with E-state index < -0.39 is 21.4 Å². The highest BCUT2D eigenvalue weighted by Crippen LogP contribution is 2.32. The third-order valence-electron chi connectivity index (χ3n) is 3.75. The van der Waals surface area contributed by atoms with E-state index in [4.69, 9.17) is 0 Å². The van der Waals surface area contributed by atoms with Crippen molar-refractivity contribution in [2.75, 3.05) is 0 Å². The van der Waals surface area contributed by atoms with Gasteiger partial charge in [-0.05, 0) is 26.0 Å². The number of rotatable bonds is 4. The van der Waals surface area contributed by atoms with Crippen molar-refractivity contribution in [1.82, 2.24) is 4.83 Å². The number of aryl methyl sites for hydroxylation is 1. The number of carboxylic acid groups (broad SMARTS) is 1. The van der Waals surface area contributed by atoms with Crippen LogP contribution in [0.2, 0.25) is 0 Å². The molecule has 0 spiro atoms. The van der Waals surface area contributed by atoms with Crippen LogP contribution in [0.3, 0.4) is 0 Å². The van der Waals surface area contributed by atoms with E-state index in [-0.39, 0.29) is 35.7 Å². The Balaban J connectivity index is 2.20. The summed E-state index contributed by atoms with van der Waals surface area (Å²) in [5.41, 5.74) is -0.101. The van der Waals surface area contributed by atoms with Crippen molar-refractivity contribution in [2.24, 2.45) is 10.5 Å². The van der Waals surface area contributed by atoms with E-state index in [9.17, 15) is 23.1 Å². The third-order valence-corrected chi connectivity index (χ3v) is 4.98. The molecular weight excluding hydrogens is 320 g/mol. The average Bonchev–Trinajstić information content (AvgIpc) is 2.45. The first-order chi connectivity index (χ1) is 10.6. The van der Waals surface area contributed by atoms with Crippen molar-refractivity contribution in [3.63, 3.8) is 0 Å². The molecule has 2 N–H and O–H groups in total. The lowest BCUT2D eigenvalue weighted by Gasteiger charge is -2.28. The molecule has 124 valence electrons. The summed E-state index contributed by atoms with van der Waals surface area (Å²) >= 11 is 0. The molecule has 0 heterocycles. The van der Waals surface area contributed by atoms with Crippen LogP contribution < -0.4 is 4.83 Å². The van der Waals surface area contributed by atoms with Gasteiger partial charge in [-0.3, -0.25) is 9.59 Å². The minimum Gasteiger partial charge on any atom is -0.481 e. The van der Waals surface area contributed by atoms with Crippen LogP contribution >= 0.6 is 0 Å². The van der Waals surface area contributed by atoms with Gasteiger partial charge in [0.15, 0.2) is 0 Å². The summed E-state index contributed by atoms with van der Waals surface area (Å²) in [6, 6.07) is 6.22. The number of hydrogen-bond acceptors (Lipinski definition) is 5. The van der Waals surface area contributed by atoms with Crippen molar-refractivity contribution >= 4 is 27.5 Å². The number of aliphatic carboxylic acids is 1. The molecule has 1 aromatic carbocycles. The van der Waals surface area contributed by atoms with Crippen LogP contribution in [0, 0.1) is 12.3 Å². The fourth-order valence-electron chi connectivity index (χ4n) is 2.43. The predicted molar refractivity (Wildman–Crippen MR) is 83.5 cm³/mol. The number of sulfonamides is 1. The molecule has 0 bridgehead atoms. The number of carbonyl (C=O) groups excluding carboxylic acids is 1. The SMILES string of the molecule is Cc1ccc(S(=O)(=O)NN=C2CC(=O)CC(C)(C(=O)O)C2)cc1. The fourth-order valence-corrected chi connectivity index (χ4v) is 3.27. The zero-order valence-electron chi connectivity index (χ0n) is 12.9. The number of hydrogen-bond donors (Lipinski definition) is 2. The molecular formula is C15H18N2O5S. The zero-order valence-corrected chi connectivity index (χ0v) is 13.7. The van der Waals surface area contributed by atoms with Crippen LogP contribution in [0.15, 0.2) is 34.3 Å². The fraction of sp³-hybridized carbons (Fsp3) is 0.400. The summed E-state index contributed by atoms with van der Waals surface area (Å²) < 4.78 is 24.3. The number of Topliss-reactive ketones (excluding diaryl/α,β-unsaturated/α-hetero) is 1. The highest BCUT2D eigenvalue weighted by Gasteiger charge is 2.41. The Bertz CT molecular complexity index is 768. The minimum atomic E-state index is -3.85. The normalized spacial score (nSPS) is 23.7. The van der Waals surface area contributed by atoms with E-state index in [2.05, 4.69) is 9.93 Å². The molecule has 23 heavy (non-hydrogen) atoms. The van der Waals surface area contributed by atoms with Gasteiger partial charge >= 0.3 is 5.97 Å². The first-order valence-corrected chi connectivity index (χ1v) is 8.50. The van der Waals surface area contributed by atoms with Gasteiger partial charge in [-0.2, -0.15) is 13.5 Å². The molecule has 0 amide bonds. The van der Waals surface area contributed by atoms with E-state index in [1.165, 1.54) is 19.1 Å². The van der Waals surface area contributed by atoms with Crippen molar-refractivity contribution in [3.05, 3.63) is 29.8 Å². The molecule has 1 aromatic rings. The van der Waals surface area contributed by atoms with Gasteiger partial charge in [0.1, 0.15) is 5.78 Å². The maximum atomic E-state index is 12.1. The summed E-state index contributed by atoms with van der Waals surface area (Å²) in [5, 5.41) is 13.0. The second-order valence-corrected chi connectivity index (χ2v) is 7.68. The average molecular weight is 338 g/mol. The zero-order chi connectivity index (χ0) is 17.3. The molecule has 1 atom stereocenters. The Morgan fingerprint density at radius 3 is 2.43 bits per heavy atom. The number of ketones is 1. The van der Waals surface area contributed by atoms with E-state index >= 15 is 0 Å². The van der Waals surface area contributed by atoms with Gasteiger partial charge in [-0.15, -0.1) is 0 Å². The van der Waals surface area contributed by atoms with Crippen molar-refractivity contribution in [2.45, 2.75) is 38.0 Å². The summed E-state index contributed by atoms with van der Waals surface area (Å²) in [6.45, 7) is 3.29. The number of hydrazone groups is 1. The molecule has 1 fully saturated rings. The highest BCUT2D eigenvalue weighted by atomic mass is 32.2. The molecule has 2 rings (SSSR count). The Morgan fingerprint density at radius 1 is 1.26 bits per heavy atom. The molecule has 0 radical (unpaired) electrons. The molecule has 1 saturated carbocycles. The quantitative estimate of drug-likeness (QED) is 0.807. The van der Waals surface area contributed by atoms with Gasteiger partial charge in [0.2, 0.25) is 0 Å². The Kier molecular flexibility index (Phi) is 4.56. The second kappa shape index (κ2) is 6.11. The van der Waals surface area contributed by atoms with Crippen LogP contribution in [0.5, 0.6) is 0 Å². The third kappa shape index (κ3) is 3.95. The first-order valence-electron chi connectivity index (χ1n) is 7.01. The van der Waals surface area contributed by atoms with E-state index in [0.29, 0.717) is 0 Å². The van der Waals surface area contributed by atoms with E-state index in [0.717, 1.165) is 5.56 Å². The molecule has 1 unspecified atom stereocenters. The molecule has 7 nitrogen and oxygen atoms in total. The largest absolute Gasteiger partial charge is 0.481 e. The molecule has 1 aliphatic rings. The van der Waals surface area contributed by atoms with Crippen LogP contribution in [0.1, 0.15) is 31.7 Å². The van der Waals surface area contributed by atoms with Crippen molar-refractivity contribution in [3.8, 4) is 0 Å². The molecule has 0 aliphatic heterocycles. The topological polar surface area (TPSA) is 113 Å². The smallest absolute Gasteiger partial charge is 0.310 e. The molecule has 1 aliphatic carbocycles. The van der Waals surface area contributed by atoms with E-state index in [1.807, 2.05) is 6.92 Å². The monoisotopic (exact) mass is 338 g/mol. The van der Waals surface area contributed by atoms with Gasteiger partial charge in [-0.25, -0.2) is 4.83 Å². The first kappa shape index (κ1) is 17.1. The lowest BCUT2D eigenvalue weighted by atomic mass is 9.74. The molecule has 0 saturated heterocycles. The number of nitrogens with one attached hydrogen (secondary N) is 1. The maximum Gasteiger partial charge on any atom is 0.310 e. The summed E-state index contributed by atoms with van der Waals surface area (Å²) in [4.78, 5) is 25.1. The lowest BCUT2D eigenvalue weighted by Crippen LogP contribution is -2.38. The number of carboxylic acids is 1. The lowest BCUT2D eigenvalue weighted by molar-refractivity contribution is -0.150. The Labute approximate surface area is 134 Å². The highest BCUT2D eigenvalue weighted by molar-refractivity contribution is 7.89. The van der Waals surface area contributed by atoms with Crippen LogP contribution in [-0.4, -0.2) is 31.0 Å². The van der Waals surface area contributed by atoms with Crippen LogP contribution in [0.25, 0.3) is 0 Å². The maximum absolute atomic E-state index is 12.1. The Hall–Kier alpha value is -2.22.